The maximum Gasteiger partial charge on any atom is 0.311 e. The summed E-state index contributed by atoms with van der Waals surface area (Å²) in [5.74, 6) is -0.246. The van der Waals surface area contributed by atoms with Crippen LogP contribution in [0.4, 0.5) is 23.3 Å². The van der Waals surface area contributed by atoms with Gasteiger partial charge in [-0.05, 0) is 43.2 Å². The highest BCUT2D eigenvalue weighted by atomic mass is 16.5. The zero-order valence-corrected chi connectivity index (χ0v) is 19.2. The van der Waals surface area contributed by atoms with E-state index in [1.807, 2.05) is 50.2 Å². The number of amides is 1. The molecule has 2 heterocycles. The number of esters is 1. The molecule has 0 unspecified atom stereocenters. The van der Waals surface area contributed by atoms with Crippen LogP contribution in [0.2, 0.25) is 0 Å². The van der Waals surface area contributed by atoms with Gasteiger partial charge in [-0.25, -0.2) is 0 Å². The fourth-order valence-corrected chi connectivity index (χ4v) is 3.75. The largest absolute Gasteiger partial charge is 0.495 e. The van der Waals surface area contributed by atoms with E-state index in [1.54, 1.807) is 18.1 Å². The van der Waals surface area contributed by atoms with Gasteiger partial charge in [0.05, 0.1) is 18.7 Å². The number of carbonyl (C=O) groups is 2. The van der Waals surface area contributed by atoms with E-state index in [-0.39, 0.29) is 43.2 Å². The second kappa shape index (κ2) is 9.74. The first-order chi connectivity index (χ1) is 16.3. The zero-order chi connectivity index (χ0) is 24.2. The highest BCUT2D eigenvalue weighted by Gasteiger charge is 2.37. The Balaban J connectivity index is 1.41. The molecule has 1 atom stereocenters. The molecule has 0 spiro atoms. The molecule has 2 aromatic carbocycles. The molecular weight excluding hydrogens is 436 g/mol. The Kier molecular flexibility index (Phi) is 6.58. The molecule has 176 valence electrons. The van der Waals surface area contributed by atoms with Crippen LogP contribution in [0.25, 0.3) is 0 Å². The van der Waals surface area contributed by atoms with E-state index < -0.39 is 11.9 Å². The summed E-state index contributed by atoms with van der Waals surface area (Å²) in [6.45, 7) is 3.90. The minimum absolute atomic E-state index is 0.00546. The first kappa shape index (κ1) is 23.0. The van der Waals surface area contributed by atoms with Gasteiger partial charge < -0.3 is 25.4 Å². The first-order valence-corrected chi connectivity index (χ1v) is 10.8. The van der Waals surface area contributed by atoms with Crippen LogP contribution in [0.1, 0.15) is 23.4 Å². The minimum atomic E-state index is -0.610. The zero-order valence-electron chi connectivity index (χ0n) is 19.2. The fraction of sp³-hybridized carbons (Fsp3) is 0.292. The Bertz CT molecular complexity index is 1230. The van der Waals surface area contributed by atoms with Crippen LogP contribution in [-0.4, -0.2) is 40.5 Å². The maximum atomic E-state index is 12.7. The summed E-state index contributed by atoms with van der Waals surface area (Å²) >= 11 is 0. The highest BCUT2D eigenvalue weighted by Crippen LogP contribution is 2.34. The Labute approximate surface area is 197 Å². The lowest BCUT2D eigenvalue weighted by molar-refractivity contribution is -0.149. The monoisotopic (exact) mass is 462 g/mol. The Morgan fingerprint density at radius 2 is 1.97 bits per heavy atom. The van der Waals surface area contributed by atoms with Crippen molar-refractivity contribution in [2.45, 2.75) is 26.9 Å². The number of aryl methyl sites for hydroxylation is 2. The predicted molar refractivity (Wildman–Crippen MR) is 127 cm³/mol. The van der Waals surface area contributed by atoms with Gasteiger partial charge in [-0.3, -0.25) is 9.59 Å². The molecule has 0 radical (unpaired) electrons. The highest BCUT2D eigenvalue weighted by molar-refractivity contribution is 6.00. The van der Waals surface area contributed by atoms with Crippen molar-refractivity contribution in [3.63, 3.8) is 0 Å². The van der Waals surface area contributed by atoms with Crippen molar-refractivity contribution in [2.75, 3.05) is 29.6 Å². The number of rotatable bonds is 7. The second-order valence-electron chi connectivity index (χ2n) is 8.06. The van der Waals surface area contributed by atoms with Crippen LogP contribution in [0.3, 0.4) is 0 Å². The summed E-state index contributed by atoms with van der Waals surface area (Å²) in [6, 6.07) is 13.2. The van der Waals surface area contributed by atoms with Gasteiger partial charge in [0.2, 0.25) is 17.8 Å². The van der Waals surface area contributed by atoms with Gasteiger partial charge in [0.25, 0.3) is 0 Å². The number of methoxy groups -OCH3 is 1. The SMILES string of the molecule is COc1ccc(C)cc1N1C[C@@H](C(=O)OCc2nc(N)nc(Nc3ccccc3C)n2)CC1=O. The lowest BCUT2D eigenvalue weighted by Crippen LogP contribution is -2.27. The van der Waals surface area contributed by atoms with Gasteiger partial charge in [-0.2, -0.15) is 15.0 Å². The van der Waals surface area contributed by atoms with E-state index in [2.05, 4.69) is 20.3 Å². The smallest absolute Gasteiger partial charge is 0.311 e. The number of nitrogen functional groups attached to an aromatic ring is 1. The lowest BCUT2D eigenvalue weighted by Gasteiger charge is -2.20. The molecule has 1 fully saturated rings. The summed E-state index contributed by atoms with van der Waals surface area (Å²) in [5, 5.41) is 3.10. The molecule has 0 bridgehead atoms. The van der Waals surface area contributed by atoms with Crippen LogP contribution in [0.5, 0.6) is 5.75 Å². The summed E-state index contributed by atoms with van der Waals surface area (Å²) in [5.41, 5.74) is 9.27. The minimum Gasteiger partial charge on any atom is -0.495 e. The molecule has 1 amide bonds. The molecule has 3 N–H and O–H groups in total. The molecule has 1 aliphatic rings. The number of aromatic nitrogens is 3. The van der Waals surface area contributed by atoms with Crippen LogP contribution in [0, 0.1) is 19.8 Å². The van der Waals surface area contributed by atoms with Crippen molar-refractivity contribution in [2.24, 2.45) is 5.92 Å². The number of nitrogens with zero attached hydrogens (tertiary/aromatic N) is 4. The fourth-order valence-electron chi connectivity index (χ4n) is 3.75. The normalized spacial score (nSPS) is 15.3. The third-order valence-corrected chi connectivity index (χ3v) is 5.52. The van der Waals surface area contributed by atoms with E-state index in [0.29, 0.717) is 11.4 Å². The number of carbonyl (C=O) groups excluding carboxylic acids is 2. The molecule has 10 nitrogen and oxygen atoms in total. The van der Waals surface area contributed by atoms with Crippen molar-refractivity contribution >= 4 is 35.1 Å². The number of hydrogen-bond acceptors (Lipinski definition) is 9. The Morgan fingerprint density at radius 1 is 1.18 bits per heavy atom. The van der Waals surface area contributed by atoms with Gasteiger partial charge in [-0.1, -0.05) is 24.3 Å². The molecule has 0 aliphatic carbocycles. The maximum absolute atomic E-state index is 12.7. The number of benzene rings is 2. The van der Waals surface area contributed by atoms with Crippen molar-refractivity contribution in [3.8, 4) is 5.75 Å². The molecule has 1 aromatic heterocycles. The van der Waals surface area contributed by atoms with E-state index in [0.717, 1.165) is 16.8 Å². The topological polar surface area (TPSA) is 133 Å². The molecule has 3 aromatic rings. The summed E-state index contributed by atoms with van der Waals surface area (Å²) in [6.07, 6.45) is 0.0510. The Hall–Kier alpha value is -4.21. The van der Waals surface area contributed by atoms with Crippen LogP contribution in [-0.2, 0) is 20.9 Å². The second-order valence-corrected chi connectivity index (χ2v) is 8.06. The van der Waals surface area contributed by atoms with E-state index in [4.69, 9.17) is 15.2 Å². The molecule has 1 saturated heterocycles. The number of anilines is 4. The number of nitrogens with one attached hydrogen (secondary N) is 1. The van der Waals surface area contributed by atoms with E-state index in [9.17, 15) is 9.59 Å². The summed E-state index contributed by atoms with van der Waals surface area (Å²) < 4.78 is 10.8. The van der Waals surface area contributed by atoms with Crippen LogP contribution in [0.15, 0.2) is 42.5 Å². The molecule has 10 heteroatoms. The number of para-hydroxylation sites is 1. The van der Waals surface area contributed by atoms with Crippen LogP contribution < -0.4 is 20.7 Å². The van der Waals surface area contributed by atoms with Crippen molar-refractivity contribution in [1.29, 1.82) is 0 Å². The van der Waals surface area contributed by atoms with Crippen molar-refractivity contribution in [3.05, 3.63) is 59.4 Å². The first-order valence-electron chi connectivity index (χ1n) is 10.8. The average Bonchev–Trinajstić information content (AvgIpc) is 3.20. The van der Waals surface area contributed by atoms with E-state index >= 15 is 0 Å². The Morgan fingerprint density at radius 3 is 2.74 bits per heavy atom. The van der Waals surface area contributed by atoms with Gasteiger partial charge in [0.15, 0.2) is 12.4 Å². The number of ether oxygens (including phenoxy) is 2. The summed E-state index contributed by atoms with van der Waals surface area (Å²) in [7, 11) is 1.54. The quantitative estimate of drug-likeness (QED) is 0.509. The van der Waals surface area contributed by atoms with Gasteiger partial charge in [0.1, 0.15) is 5.75 Å². The number of hydrogen-bond donors (Lipinski definition) is 2. The third-order valence-electron chi connectivity index (χ3n) is 5.52. The van der Waals surface area contributed by atoms with Crippen molar-refractivity contribution < 1.29 is 19.1 Å². The number of nitrogens with two attached hydrogens (primary N) is 1. The third kappa shape index (κ3) is 5.06. The molecule has 4 rings (SSSR count). The average molecular weight is 463 g/mol. The molecule has 0 saturated carbocycles. The predicted octanol–water partition coefficient (Wildman–Crippen LogP) is 2.92. The van der Waals surface area contributed by atoms with E-state index in [1.165, 1.54) is 0 Å². The molecule has 34 heavy (non-hydrogen) atoms. The molecular formula is C24H26N6O4. The standard InChI is InChI=1S/C24H26N6O4/c1-14-8-9-19(33-3)18(10-14)30-12-16(11-21(30)31)22(32)34-13-20-27-23(25)29-24(28-20)26-17-7-5-4-6-15(17)2/h4-10,16H,11-13H2,1-3H3,(H3,25,26,27,28,29)/t16-/m0/s1. The lowest BCUT2D eigenvalue weighted by atomic mass is 10.1. The summed E-state index contributed by atoms with van der Waals surface area (Å²) in [4.78, 5) is 39.4. The van der Waals surface area contributed by atoms with Gasteiger partial charge in [0, 0.05) is 18.7 Å². The van der Waals surface area contributed by atoms with Crippen LogP contribution >= 0.6 is 0 Å². The van der Waals surface area contributed by atoms with Gasteiger partial charge in [-0.15, -0.1) is 0 Å². The van der Waals surface area contributed by atoms with Crippen molar-refractivity contribution in [1.82, 2.24) is 15.0 Å². The molecule has 1 aliphatic heterocycles. The van der Waals surface area contributed by atoms with Gasteiger partial charge >= 0.3 is 5.97 Å².